The van der Waals surface area contributed by atoms with E-state index in [1.54, 1.807) is 12.1 Å². The maximum Gasteiger partial charge on any atom is 0.271 e. The number of nitrogens with zero attached hydrogens (tertiary/aromatic N) is 2. The number of hydrogen-bond acceptors (Lipinski definition) is 5. The number of hydrogen-bond donors (Lipinski definition) is 2. The van der Waals surface area contributed by atoms with Crippen LogP contribution < -0.4 is 15.4 Å². The first-order valence-electron chi connectivity index (χ1n) is 8.24. The van der Waals surface area contributed by atoms with Gasteiger partial charge < -0.3 is 15.4 Å². The summed E-state index contributed by atoms with van der Waals surface area (Å²) in [6.45, 7) is 6.71. The Hall–Kier alpha value is -2.63. The van der Waals surface area contributed by atoms with Crippen molar-refractivity contribution < 1.29 is 9.53 Å². The van der Waals surface area contributed by atoms with Gasteiger partial charge in [-0.05, 0) is 56.7 Å². The highest BCUT2D eigenvalue weighted by Gasteiger charge is 2.07. The van der Waals surface area contributed by atoms with Crippen molar-refractivity contribution in [1.82, 2.24) is 15.5 Å². The van der Waals surface area contributed by atoms with E-state index in [9.17, 15) is 4.79 Å². The van der Waals surface area contributed by atoms with Gasteiger partial charge in [-0.15, -0.1) is 10.2 Å². The van der Waals surface area contributed by atoms with Crippen molar-refractivity contribution in [2.75, 3.05) is 11.9 Å². The summed E-state index contributed by atoms with van der Waals surface area (Å²) in [4.78, 5) is 11.9. The van der Waals surface area contributed by atoms with E-state index in [2.05, 4.69) is 27.8 Å². The average Bonchev–Trinajstić information content (AvgIpc) is 2.57. The molecule has 0 fully saturated rings. The number of unbranched alkanes of at least 4 members (excludes halogenated alkanes) is 1. The van der Waals surface area contributed by atoms with Crippen molar-refractivity contribution >= 4 is 17.4 Å². The molecular formula is C18H24N4O2. The van der Waals surface area contributed by atoms with Gasteiger partial charge in [0.1, 0.15) is 5.75 Å². The molecule has 0 aliphatic carbocycles. The molecule has 1 aromatic heterocycles. The summed E-state index contributed by atoms with van der Waals surface area (Å²) in [5.41, 5.74) is 1.19. The van der Waals surface area contributed by atoms with Crippen molar-refractivity contribution in [2.45, 2.75) is 39.7 Å². The maximum atomic E-state index is 11.9. The molecule has 6 heteroatoms. The van der Waals surface area contributed by atoms with Crippen molar-refractivity contribution in [1.29, 1.82) is 0 Å². The van der Waals surface area contributed by atoms with Crippen LogP contribution >= 0.6 is 0 Å². The summed E-state index contributed by atoms with van der Waals surface area (Å²) < 4.78 is 5.60. The number of nitrogens with one attached hydrogen (secondary N) is 2. The fraction of sp³-hybridized carbons (Fsp3) is 0.389. The van der Waals surface area contributed by atoms with Gasteiger partial charge in [-0.25, -0.2) is 0 Å². The van der Waals surface area contributed by atoms with E-state index in [1.165, 1.54) is 0 Å². The second kappa shape index (κ2) is 8.86. The van der Waals surface area contributed by atoms with Gasteiger partial charge in [-0.3, -0.25) is 4.79 Å². The molecule has 128 valence electrons. The van der Waals surface area contributed by atoms with E-state index in [4.69, 9.17) is 4.74 Å². The largest absolute Gasteiger partial charge is 0.491 e. The molecule has 0 unspecified atom stereocenters. The van der Waals surface area contributed by atoms with Crippen LogP contribution in [0, 0.1) is 0 Å². The molecule has 2 aromatic rings. The first kappa shape index (κ1) is 17.7. The lowest BCUT2D eigenvalue weighted by Gasteiger charge is -2.10. The Morgan fingerprint density at radius 1 is 1.12 bits per heavy atom. The predicted molar refractivity (Wildman–Crippen MR) is 94.8 cm³/mol. The van der Waals surface area contributed by atoms with Crippen molar-refractivity contribution in [3.8, 4) is 5.75 Å². The third-order valence-corrected chi connectivity index (χ3v) is 3.21. The van der Waals surface area contributed by atoms with Crippen LogP contribution in [0.15, 0.2) is 36.4 Å². The number of carbonyl (C=O) groups is 1. The Morgan fingerprint density at radius 2 is 1.88 bits per heavy atom. The van der Waals surface area contributed by atoms with Gasteiger partial charge >= 0.3 is 0 Å². The van der Waals surface area contributed by atoms with Crippen molar-refractivity contribution in [3.05, 3.63) is 42.1 Å². The van der Waals surface area contributed by atoms with Crippen LogP contribution in [0.4, 0.5) is 11.5 Å². The minimum atomic E-state index is -0.197. The lowest BCUT2D eigenvalue weighted by molar-refractivity contribution is 0.0947. The highest BCUT2D eigenvalue weighted by molar-refractivity contribution is 5.92. The summed E-state index contributed by atoms with van der Waals surface area (Å²) in [7, 11) is 0. The molecule has 0 radical (unpaired) electrons. The number of anilines is 2. The third kappa shape index (κ3) is 5.53. The maximum absolute atomic E-state index is 11.9. The van der Waals surface area contributed by atoms with Gasteiger partial charge in [0.25, 0.3) is 5.91 Å². The zero-order valence-electron chi connectivity index (χ0n) is 14.4. The van der Waals surface area contributed by atoms with Crippen LogP contribution in [0.3, 0.4) is 0 Å². The average molecular weight is 328 g/mol. The first-order valence-corrected chi connectivity index (χ1v) is 8.24. The van der Waals surface area contributed by atoms with Crippen molar-refractivity contribution in [2.24, 2.45) is 0 Å². The number of ether oxygens (including phenoxy) is 1. The topological polar surface area (TPSA) is 76.1 Å². The number of aromatic nitrogens is 2. The normalized spacial score (nSPS) is 10.5. The Bertz CT molecular complexity index is 639. The fourth-order valence-corrected chi connectivity index (χ4v) is 2.03. The Morgan fingerprint density at radius 3 is 2.46 bits per heavy atom. The molecule has 0 bridgehead atoms. The second-order valence-electron chi connectivity index (χ2n) is 5.73. The molecule has 1 heterocycles. The molecule has 0 saturated carbocycles. The fourth-order valence-electron chi connectivity index (χ4n) is 2.03. The first-order chi connectivity index (χ1) is 11.6. The van der Waals surface area contributed by atoms with Gasteiger partial charge in [0.15, 0.2) is 11.5 Å². The smallest absolute Gasteiger partial charge is 0.271 e. The van der Waals surface area contributed by atoms with E-state index in [-0.39, 0.29) is 12.0 Å². The van der Waals surface area contributed by atoms with Gasteiger partial charge in [-0.1, -0.05) is 13.3 Å². The number of carbonyl (C=O) groups excluding carboxylic acids is 1. The number of amides is 1. The molecule has 24 heavy (non-hydrogen) atoms. The summed E-state index contributed by atoms with van der Waals surface area (Å²) in [6, 6.07) is 11.0. The number of rotatable bonds is 8. The summed E-state index contributed by atoms with van der Waals surface area (Å²) in [5.74, 6) is 1.20. The third-order valence-electron chi connectivity index (χ3n) is 3.21. The second-order valence-corrected chi connectivity index (χ2v) is 5.73. The van der Waals surface area contributed by atoms with Gasteiger partial charge in [0.05, 0.1) is 6.10 Å². The van der Waals surface area contributed by atoms with Crippen LogP contribution in [-0.2, 0) is 0 Å². The molecule has 0 aliphatic heterocycles. The molecule has 0 atom stereocenters. The van der Waals surface area contributed by atoms with Crippen LogP contribution in [0.2, 0.25) is 0 Å². The van der Waals surface area contributed by atoms with Crippen LogP contribution in [0.1, 0.15) is 44.1 Å². The number of benzene rings is 1. The molecule has 0 aliphatic rings. The highest BCUT2D eigenvalue weighted by atomic mass is 16.5. The standard InChI is InChI=1S/C18H24N4O2/c1-4-5-12-19-18(23)16-10-11-17(22-21-16)20-14-6-8-15(9-7-14)24-13(2)3/h6-11,13H,4-5,12H2,1-3H3,(H,19,23)(H,20,22). The molecule has 6 nitrogen and oxygen atoms in total. The molecule has 0 saturated heterocycles. The van der Waals surface area contributed by atoms with E-state index in [0.29, 0.717) is 18.1 Å². The Labute approximate surface area is 142 Å². The Balaban J connectivity index is 1.92. The molecule has 1 aromatic carbocycles. The molecule has 0 spiro atoms. The van der Waals surface area contributed by atoms with Crippen LogP contribution in [0.5, 0.6) is 5.75 Å². The highest BCUT2D eigenvalue weighted by Crippen LogP contribution is 2.19. The quantitative estimate of drug-likeness (QED) is 0.725. The zero-order chi connectivity index (χ0) is 17.4. The predicted octanol–water partition coefficient (Wildman–Crippen LogP) is 3.54. The van der Waals surface area contributed by atoms with Gasteiger partial charge in [-0.2, -0.15) is 0 Å². The van der Waals surface area contributed by atoms with E-state index >= 15 is 0 Å². The molecule has 2 rings (SSSR count). The Kier molecular flexibility index (Phi) is 6.54. The molecule has 2 N–H and O–H groups in total. The lowest BCUT2D eigenvalue weighted by atomic mass is 10.3. The van der Waals surface area contributed by atoms with E-state index < -0.39 is 0 Å². The molecule has 1 amide bonds. The van der Waals surface area contributed by atoms with Crippen LogP contribution in [-0.4, -0.2) is 28.8 Å². The minimum Gasteiger partial charge on any atom is -0.491 e. The van der Waals surface area contributed by atoms with Crippen molar-refractivity contribution in [3.63, 3.8) is 0 Å². The zero-order valence-corrected chi connectivity index (χ0v) is 14.4. The van der Waals surface area contributed by atoms with E-state index in [0.717, 1.165) is 24.3 Å². The monoisotopic (exact) mass is 328 g/mol. The van der Waals surface area contributed by atoms with Gasteiger partial charge in [0, 0.05) is 12.2 Å². The SMILES string of the molecule is CCCCNC(=O)c1ccc(Nc2ccc(OC(C)C)cc2)nn1. The summed E-state index contributed by atoms with van der Waals surface area (Å²) in [6.07, 6.45) is 2.14. The summed E-state index contributed by atoms with van der Waals surface area (Å²) in [5, 5.41) is 14.0. The van der Waals surface area contributed by atoms with Gasteiger partial charge in [0.2, 0.25) is 0 Å². The lowest BCUT2D eigenvalue weighted by Crippen LogP contribution is -2.25. The van der Waals surface area contributed by atoms with Crippen LogP contribution in [0.25, 0.3) is 0 Å². The van der Waals surface area contributed by atoms with E-state index in [1.807, 2.05) is 38.1 Å². The summed E-state index contributed by atoms with van der Waals surface area (Å²) >= 11 is 0. The molecular weight excluding hydrogens is 304 g/mol. The minimum absolute atomic E-state index is 0.144.